The van der Waals surface area contributed by atoms with Gasteiger partial charge >= 0.3 is 0 Å². The van der Waals surface area contributed by atoms with Crippen molar-refractivity contribution in [3.8, 4) is 17.2 Å². The Labute approximate surface area is 117 Å². The minimum Gasteiger partial charge on any atom is -0.493 e. The van der Waals surface area contributed by atoms with E-state index in [1.807, 2.05) is 19.1 Å². The number of para-hydroxylation sites is 1. The molecule has 0 aliphatic rings. The Morgan fingerprint density at radius 1 is 1.15 bits per heavy atom. The highest BCUT2D eigenvalue weighted by Crippen LogP contribution is 2.35. The van der Waals surface area contributed by atoms with Crippen LogP contribution in [0.15, 0.2) is 36.4 Å². The summed E-state index contributed by atoms with van der Waals surface area (Å²) in [5.41, 5.74) is 1.50. The molecule has 0 bridgehead atoms. The van der Waals surface area contributed by atoms with Gasteiger partial charge in [0.05, 0.1) is 13.7 Å². The van der Waals surface area contributed by atoms with Gasteiger partial charge in [0.1, 0.15) is 0 Å². The van der Waals surface area contributed by atoms with Gasteiger partial charge < -0.3 is 14.6 Å². The molecule has 0 aliphatic heterocycles. The summed E-state index contributed by atoms with van der Waals surface area (Å²) in [5.74, 6) is 0.469. The van der Waals surface area contributed by atoms with Crippen LogP contribution < -0.4 is 9.47 Å². The van der Waals surface area contributed by atoms with Crippen LogP contribution in [0.5, 0.6) is 17.2 Å². The first-order valence-corrected chi connectivity index (χ1v) is 6.42. The van der Waals surface area contributed by atoms with Crippen molar-refractivity contribution < 1.29 is 19.0 Å². The van der Waals surface area contributed by atoms with Crippen LogP contribution in [0, 0.1) is 5.82 Å². The van der Waals surface area contributed by atoms with Crippen LogP contribution in [-0.2, 0) is 13.0 Å². The molecule has 0 heterocycles. The molecule has 2 rings (SSSR count). The summed E-state index contributed by atoms with van der Waals surface area (Å²) in [5, 5.41) is 9.25. The lowest BCUT2D eigenvalue weighted by molar-refractivity contribution is 0.273. The molecule has 0 aromatic heterocycles. The van der Waals surface area contributed by atoms with Crippen LogP contribution in [0.25, 0.3) is 0 Å². The van der Waals surface area contributed by atoms with Gasteiger partial charge in [-0.2, -0.15) is 0 Å². The smallest absolute Gasteiger partial charge is 0.169 e. The van der Waals surface area contributed by atoms with E-state index in [2.05, 4.69) is 0 Å². The second-order valence-electron chi connectivity index (χ2n) is 4.33. The summed E-state index contributed by atoms with van der Waals surface area (Å²) in [6, 6.07) is 9.94. The SMILES string of the molecule is CCc1ccc(Oc2c(F)cccc2CO)c(OC)c1. The molecule has 2 aromatic rings. The van der Waals surface area contributed by atoms with E-state index in [-0.39, 0.29) is 12.4 Å². The predicted octanol–water partition coefficient (Wildman–Crippen LogP) is 3.68. The number of rotatable bonds is 5. The second kappa shape index (κ2) is 6.39. The van der Waals surface area contributed by atoms with Crippen molar-refractivity contribution >= 4 is 0 Å². The highest BCUT2D eigenvalue weighted by molar-refractivity contribution is 5.47. The molecule has 0 amide bonds. The fourth-order valence-electron chi connectivity index (χ4n) is 1.92. The maximum Gasteiger partial charge on any atom is 0.169 e. The van der Waals surface area contributed by atoms with E-state index in [1.54, 1.807) is 12.1 Å². The van der Waals surface area contributed by atoms with Crippen LogP contribution in [-0.4, -0.2) is 12.2 Å². The van der Waals surface area contributed by atoms with E-state index in [4.69, 9.17) is 9.47 Å². The van der Waals surface area contributed by atoms with Gasteiger partial charge in [-0.25, -0.2) is 4.39 Å². The van der Waals surface area contributed by atoms with Gasteiger partial charge in [-0.1, -0.05) is 25.1 Å². The molecule has 0 aliphatic carbocycles. The number of hydrogen-bond acceptors (Lipinski definition) is 3. The van der Waals surface area contributed by atoms with Crippen molar-refractivity contribution in [1.82, 2.24) is 0 Å². The number of aryl methyl sites for hydroxylation is 1. The van der Waals surface area contributed by atoms with Gasteiger partial charge in [-0.15, -0.1) is 0 Å². The Balaban J connectivity index is 2.39. The average molecular weight is 276 g/mol. The van der Waals surface area contributed by atoms with Crippen molar-refractivity contribution in [3.05, 3.63) is 53.3 Å². The van der Waals surface area contributed by atoms with E-state index in [0.29, 0.717) is 17.1 Å². The van der Waals surface area contributed by atoms with Crippen LogP contribution in [0.1, 0.15) is 18.1 Å². The largest absolute Gasteiger partial charge is 0.493 e. The number of halogens is 1. The van der Waals surface area contributed by atoms with Gasteiger partial charge in [0.2, 0.25) is 0 Å². The average Bonchev–Trinajstić information content (AvgIpc) is 2.49. The standard InChI is InChI=1S/C16H17FO3/c1-3-11-7-8-14(15(9-11)19-2)20-16-12(10-18)5-4-6-13(16)17/h4-9,18H,3,10H2,1-2H3. The fraction of sp³-hybridized carbons (Fsp3) is 0.250. The molecule has 0 unspecified atom stereocenters. The van der Waals surface area contributed by atoms with Crippen molar-refractivity contribution in [2.45, 2.75) is 20.0 Å². The maximum absolute atomic E-state index is 13.8. The maximum atomic E-state index is 13.8. The molecular weight excluding hydrogens is 259 g/mol. The van der Waals surface area contributed by atoms with Crippen LogP contribution >= 0.6 is 0 Å². The van der Waals surface area contributed by atoms with Gasteiger partial charge in [-0.3, -0.25) is 0 Å². The second-order valence-corrected chi connectivity index (χ2v) is 4.33. The molecule has 0 atom stereocenters. The molecule has 0 fully saturated rings. The summed E-state index contributed by atoms with van der Waals surface area (Å²) in [7, 11) is 1.54. The summed E-state index contributed by atoms with van der Waals surface area (Å²) in [6.45, 7) is 1.75. The molecule has 20 heavy (non-hydrogen) atoms. The molecule has 1 N–H and O–H groups in total. The zero-order chi connectivity index (χ0) is 14.5. The minimum atomic E-state index is -0.516. The predicted molar refractivity (Wildman–Crippen MR) is 74.8 cm³/mol. The monoisotopic (exact) mass is 276 g/mol. The number of methoxy groups -OCH3 is 1. The number of ether oxygens (including phenoxy) is 2. The third-order valence-electron chi connectivity index (χ3n) is 3.07. The number of hydrogen-bond donors (Lipinski definition) is 1. The molecule has 0 spiro atoms. The molecule has 4 heteroatoms. The first kappa shape index (κ1) is 14.3. The third kappa shape index (κ3) is 2.91. The van der Waals surface area contributed by atoms with Gasteiger partial charge in [0.25, 0.3) is 0 Å². The Hall–Kier alpha value is -2.07. The third-order valence-corrected chi connectivity index (χ3v) is 3.07. The summed E-state index contributed by atoms with van der Waals surface area (Å²) in [4.78, 5) is 0. The van der Waals surface area contributed by atoms with Crippen molar-refractivity contribution in [3.63, 3.8) is 0 Å². The minimum absolute atomic E-state index is 0.0255. The van der Waals surface area contributed by atoms with E-state index < -0.39 is 5.82 Å². The zero-order valence-corrected chi connectivity index (χ0v) is 11.5. The quantitative estimate of drug-likeness (QED) is 0.905. The first-order chi connectivity index (χ1) is 9.69. The van der Waals surface area contributed by atoms with E-state index in [9.17, 15) is 9.50 Å². The van der Waals surface area contributed by atoms with Crippen LogP contribution in [0.2, 0.25) is 0 Å². The molecule has 0 radical (unpaired) electrons. The Kier molecular flexibility index (Phi) is 4.58. The molecule has 3 nitrogen and oxygen atoms in total. The lowest BCUT2D eigenvalue weighted by Crippen LogP contribution is -1.97. The fourth-order valence-corrected chi connectivity index (χ4v) is 1.92. The lowest BCUT2D eigenvalue weighted by atomic mass is 10.1. The van der Waals surface area contributed by atoms with Crippen molar-refractivity contribution in [2.75, 3.05) is 7.11 Å². The molecule has 106 valence electrons. The number of benzene rings is 2. The summed E-state index contributed by atoms with van der Waals surface area (Å²) < 4.78 is 24.7. The Morgan fingerprint density at radius 3 is 2.60 bits per heavy atom. The first-order valence-electron chi connectivity index (χ1n) is 6.42. The van der Waals surface area contributed by atoms with Crippen LogP contribution in [0.4, 0.5) is 4.39 Å². The molecule has 0 saturated carbocycles. The van der Waals surface area contributed by atoms with Gasteiger partial charge in [0, 0.05) is 5.56 Å². The topological polar surface area (TPSA) is 38.7 Å². The Bertz CT molecular complexity index is 596. The number of aliphatic hydroxyl groups excluding tert-OH is 1. The van der Waals surface area contributed by atoms with E-state index >= 15 is 0 Å². The Morgan fingerprint density at radius 2 is 1.95 bits per heavy atom. The van der Waals surface area contributed by atoms with Gasteiger partial charge in [-0.05, 0) is 30.2 Å². The summed E-state index contributed by atoms with van der Waals surface area (Å²) >= 11 is 0. The summed E-state index contributed by atoms with van der Waals surface area (Å²) in [6.07, 6.45) is 0.873. The lowest BCUT2D eigenvalue weighted by Gasteiger charge is -2.14. The highest BCUT2D eigenvalue weighted by Gasteiger charge is 2.13. The van der Waals surface area contributed by atoms with Gasteiger partial charge in [0.15, 0.2) is 23.1 Å². The van der Waals surface area contributed by atoms with Crippen molar-refractivity contribution in [2.24, 2.45) is 0 Å². The zero-order valence-electron chi connectivity index (χ0n) is 11.5. The number of aliphatic hydroxyl groups is 1. The molecule has 0 saturated heterocycles. The normalized spacial score (nSPS) is 10.4. The highest BCUT2D eigenvalue weighted by atomic mass is 19.1. The van der Waals surface area contributed by atoms with E-state index in [0.717, 1.165) is 12.0 Å². The van der Waals surface area contributed by atoms with Crippen LogP contribution in [0.3, 0.4) is 0 Å². The molecular formula is C16H17FO3. The van der Waals surface area contributed by atoms with E-state index in [1.165, 1.54) is 19.2 Å². The molecule has 2 aromatic carbocycles. The van der Waals surface area contributed by atoms with Crippen molar-refractivity contribution in [1.29, 1.82) is 0 Å².